The third-order valence-electron chi connectivity index (χ3n) is 6.74. The van der Waals surface area contributed by atoms with Crippen LogP contribution < -0.4 is 0 Å². The van der Waals surface area contributed by atoms with E-state index in [9.17, 15) is 26.4 Å². The highest BCUT2D eigenvalue weighted by atomic mass is 32.2. The molecule has 4 aromatic carbocycles. The Kier molecular flexibility index (Phi) is 8.70. The molecular weight excluding hydrogens is 551 g/mol. The van der Waals surface area contributed by atoms with Crippen LogP contribution in [0.4, 0.5) is 13.2 Å². The van der Waals surface area contributed by atoms with Gasteiger partial charge in [0.15, 0.2) is 0 Å². The minimum absolute atomic E-state index is 0.0648. The zero-order valence-electron chi connectivity index (χ0n) is 22.9. The molecule has 0 atom stereocenters. The van der Waals surface area contributed by atoms with Crippen molar-refractivity contribution in [1.82, 2.24) is 4.31 Å². The number of aryl methyl sites for hydroxylation is 3. The van der Waals surface area contributed by atoms with Crippen LogP contribution >= 0.6 is 0 Å². The highest BCUT2D eigenvalue weighted by Crippen LogP contribution is 2.32. The Morgan fingerprint density at radius 2 is 1.34 bits per heavy atom. The van der Waals surface area contributed by atoms with E-state index in [4.69, 9.17) is 5.11 Å². The van der Waals surface area contributed by atoms with Gasteiger partial charge in [-0.2, -0.15) is 17.5 Å². The number of aliphatic carboxylic acids is 1. The molecule has 0 radical (unpaired) electrons. The van der Waals surface area contributed by atoms with Crippen molar-refractivity contribution in [3.8, 4) is 11.1 Å². The number of alkyl halides is 3. The maximum atomic E-state index is 14.0. The Bertz CT molecular complexity index is 1660. The number of carboxylic acids is 1. The number of sulfonamides is 1. The molecule has 0 spiro atoms. The first-order valence-corrected chi connectivity index (χ1v) is 14.3. The Morgan fingerprint density at radius 3 is 1.95 bits per heavy atom. The number of hydrogen-bond donors (Lipinski definition) is 1. The first-order chi connectivity index (χ1) is 19.2. The first-order valence-electron chi connectivity index (χ1n) is 12.9. The predicted octanol–water partition coefficient (Wildman–Crippen LogP) is 7.32. The van der Waals surface area contributed by atoms with Crippen LogP contribution in [0.25, 0.3) is 11.1 Å². The molecule has 0 fully saturated rings. The van der Waals surface area contributed by atoms with Crippen molar-refractivity contribution in [2.75, 3.05) is 0 Å². The lowest BCUT2D eigenvalue weighted by Crippen LogP contribution is -2.31. The molecular formula is C32H30F3NO4S. The molecule has 0 amide bonds. The lowest BCUT2D eigenvalue weighted by atomic mass is 10.0. The summed E-state index contributed by atoms with van der Waals surface area (Å²) in [5.41, 5.74) is 4.35. The largest absolute Gasteiger partial charge is 0.481 e. The number of halogens is 3. The SMILES string of the molecule is Cc1cc(C)c(S(=O)(=O)N(Cc2ccc(-c3cccc(CC(=O)O)c3)cc2)Cc2cccc(C(F)(F)F)c2)c(C)c1. The minimum Gasteiger partial charge on any atom is -0.481 e. The smallest absolute Gasteiger partial charge is 0.416 e. The van der Waals surface area contributed by atoms with Gasteiger partial charge in [0.05, 0.1) is 16.9 Å². The molecule has 41 heavy (non-hydrogen) atoms. The molecule has 0 heterocycles. The van der Waals surface area contributed by atoms with Crippen molar-refractivity contribution in [1.29, 1.82) is 0 Å². The van der Waals surface area contributed by atoms with Gasteiger partial charge in [0.25, 0.3) is 0 Å². The lowest BCUT2D eigenvalue weighted by molar-refractivity contribution is -0.138. The van der Waals surface area contributed by atoms with Crippen LogP contribution in [-0.4, -0.2) is 23.8 Å². The lowest BCUT2D eigenvalue weighted by Gasteiger charge is -2.25. The van der Waals surface area contributed by atoms with Crippen molar-refractivity contribution in [3.05, 3.63) is 124 Å². The topological polar surface area (TPSA) is 74.7 Å². The number of hydrogen-bond acceptors (Lipinski definition) is 3. The third-order valence-corrected chi connectivity index (χ3v) is 8.84. The predicted molar refractivity (Wildman–Crippen MR) is 152 cm³/mol. The summed E-state index contributed by atoms with van der Waals surface area (Å²) in [4.78, 5) is 11.2. The van der Waals surface area contributed by atoms with Crippen molar-refractivity contribution < 1.29 is 31.5 Å². The van der Waals surface area contributed by atoms with Crippen molar-refractivity contribution in [2.24, 2.45) is 0 Å². The van der Waals surface area contributed by atoms with E-state index in [0.29, 0.717) is 22.3 Å². The molecule has 0 aromatic heterocycles. The van der Waals surface area contributed by atoms with Crippen LogP contribution in [0.5, 0.6) is 0 Å². The molecule has 0 unspecified atom stereocenters. The fraction of sp³-hybridized carbons (Fsp3) is 0.219. The van der Waals surface area contributed by atoms with Gasteiger partial charge < -0.3 is 5.11 Å². The van der Waals surface area contributed by atoms with Crippen LogP contribution in [0.1, 0.15) is 38.9 Å². The molecule has 0 aliphatic carbocycles. The fourth-order valence-corrected chi connectivity index (χ4v) is 6.85. The van der Waals surface area contributed by atoms with E-state index in [-0.39, 0.29) is 30.0 Å². The summed E-state index contributed by atoms with van der Waals surface area (Å²) in [6, 6.07) is 22.6. The van der Waals surface area contributed by atoms with Gasteiger partial charge in [-0.15, -0.1) is 0 Å². The van der Waals surface area contributed by atoms with Crippen molar-refractivity contribution in [2.45, 2.75) is 51.4 Å². The van der Waals surface area contributed by atoms with Crippen molar-refractivity contribution in [3.63, 3.8) is 0 Å². The Balaban J connectivity index is 1.70. The van der Waals surface area contributed by atoms with Crippen LogP contribution in [0, 0.1) is 20.8 Å². The highest BCUT2D eigenvalue weighted by molar-refractivity contribution is 7.89. The van der Waals surface area contributed by atoms with Crippen LogP contribution in [-0.2, 0) is 40.5 Å². The van der Waals surface area contributed by atoms with Crippen LogP contribution in [0.3, 0.4) is 0 Å². The molecule has 5 nitrogen and oxygen atoms in total. The van der Waals surface area contributed by atoms with E-state index in [1.807, 2.05) is 25.1 Å². The molecule has 9 heteroatoms. The summed E-state index contributed by atoms with van der Waals surface area (Å²) >= 11 is 0. The molecule has 0 saturated heterocycles. The highest BCUT2D eigenvalue weighted by Gasteiger charge is 2.32. The van der Waals surface area contributed by atoms with Gasteiger partial charge in [0, 0.05) is 13.1 Å². The fourth-order valence-electron chi connectivity index (χ4n) is 5.02. The monoisotopic (exact) mass is 581 g/mol. The normalized spacial score (nSPS) is 12.1. The second-order valence-corrected chi connectivity index (χ2v) is 12.0. The van der Waals surface area contributed by atoms with E-state index in [2.05, 4.69) is 0 Å². The minimum atomic E-state index is -4.55. The Hall–Kier alpha value is -3.95. The van der Waals surface area contributed by atoms with E-state index in [0.717, 1.165) is 28.8 Å². The average Bonchev–Trinajstić information content (AvgIpc) is 2.87. The van der Waals surface area contributed by atoms with Gasteiger partial charge in [0.2, 0.25) is 10.0 Å². The zero-order chi connectivity index (χ0) is 29.9. The summed E-state index contributed by atoms with van der Waals surface area (Å²) in [5, 5.41) is 9.10. The standard InChI is InChI=1S/C32H30F3NO4S/c1-21-14-22(2)31(23(3)15-21)41(39,40)36(20-26-7-5-9-29(17-26)32(33,34)35)19-24-10-12-27(13-11-24)28-8-4-6-25(16-28)18-30(37)38/h4-17H,18-20H2,1-3H3,(H,37,38). The van der Waals surface area contributed by atoms with Crippen molar-refractivity contribution >= 4 is 16.0 Å². The molecule has 0 aliphatic rings. The molecule has 4 aromatic rings. The molecule has 1 N–H and O–H groups in total. The zero-order valence-corrected chi connectivity index (χ0v) is 23.7. The summed E-state index contributed by atoms with van der Waals surface area (Å²) < 4.78 is 69.5. The number of nitrogens with zero attached hydrogens (tertiary/aromatic N) is 1. The van der Waals surface area contributed by atoms with E-state index in [1.54, 1.807) is 56.3 Å². The van der Waals surface area contributed by atoms with E-state index < -0.39 is 27.7 Å². The van der Waals surface area contributed by atoms with Crippen LogP contribution in [0.2, 0.25) is 0 Å². The molecule has 214 valence electrons. The van der Waals surface area contributed by atoms with Gasteiger partial charge in [-0.25, -0.2) is 8.42 Å². The molecule has 0 bridgehead atoms. The summed E-state index contributed by atoms with van der Waals surface area (Å²) in [5.74, 6) is -0.932. The van der Waals surface area contributed by atoms with E-state index in [1.165, 1.54) is 16.4 Å². The second-order valence-electron chi connectivity index (χ2n) is 10.2. The maximum absolute atomic E-state index is 14.0. The average molecular weight is 582 g/mol. The third kappa shape index (κ3) is 7.23. The number of rotatable bonds is 9. The Labute approximate surface area is 237 Å². The van der Waals surface area contributed by atoms with Crippen LogP contribution in [0.15, 0.2) is 89.8 Å². The molecule has 4 rings (SSSR count). The molecule has 0 saturated carbocycles. The quantitative estimate of drug-likeness (QED) is 0.225. The maximum Gasteiger partial charge on any atom is 0.416 e. The first kappa shape index (κ1) is 30.0. The van der Waals surface area contributed by atoms with Gasteiger partial charge in [-0.05, 0) is 65.8 Å². The summed E-state index contributed by atoms with van der Waals surface area (Å²) in [6.45, 7) is 4.98. The van der Waals surface area contributed by atoms with Gasteiger partial charge in [-0.3, -0.25) is 4.79 Å². The second kappa shape index (κ2) is 11.9. The number of benzene rings is 4. The van der Waals surface area contributed by atoms with Gasteiger partial charge >= 0.3 is 12.1 Å². The number of carbonyl (C=O) groups is 1. The van der Waals surface area contributed by atoms with Gasteiger partial charge in [-0.1, -0.05) is 84.4 Å². The summed E-state index contributed by atoms with van der Waals surface area (Å²) in [6.07, 6.45) is -4.66. The van der Waals surface area contributed by atoms with E-state index >= 15 is 0 Å². The molecule has 0 aliphatic heterocycles. The Morgan fingerprint density at radius 1 is 0.756 bits per heavy atom. The summed E-state index contributed by atoms with van der Waals surface area (Å²) in [7, 11) is -4.11. The van der Waals surface area contributed by atoms with Gasteiger partial charge in [0.1, 0.15) is 0 Å². The number of carboxylic acid groups (broad SMARTS) is 1.